The molecule has 0 unspecified atom stereocenters. The molecule has 2 heterocycles. The first-order chi connectivity index (χ1) is 16.4. The standard InChI is InChI=1S/C24H21N5O5/c1-15-12-20(16(2)29(15)18-10-8-17(9-11-18)23(31)33-3)22(30)13-34-24(32)19-6-4-5-7-21(19)28-14-25-26-27-28/h4-12,14H,13H2,1-3H3. The molecule has 0 saturated heterocycles. The summed E-state index contributed by atoms with van der Waals surface area (Å²) in [5.74, 6) is -1.42. The normalized spacial score (nSPS) is 10.7. The Morgan fingerprint density at radius 2 is 1.68 bits per heavy atom. The van der Waals surface area contributed by atoms with Crippen LogP contribution in [0.3, 0.4) is 0 Å². The van der Waals surface area contributed by atoms with Gasteiger partial charge in [0.2, 0.25) is 5.78 Å². The Bertz CT molecular complexity index is 1360. The van der Waals surface area contributed by atoms with Crippen LogP contribution in [0.5, 0.6) is 0 Å². The van der Waals surface area contributed by atoms with Gasteiger partial charge in [0, 0.05) is 22.6 Å². The predicted molar refractivity (Wildman–Crippen MR) is 120 cm³/mol. The Kier molecular flexibility index (Phi) is 6.30. The van der Waals surface area contributed by atoms with Gasteiger partial charge in [-0.25, -0.2) is 9.59 Å². The molecule has 172 valence electrons. The number of aromatic nitrogens is 5. The number of rotatable bonds is 7. The SMILES string of the molecule is COC(=O)c1ccc(-n2c(C)cc(C(=O)COC(=O)c3ccccc3-n3cnnn3)c2C)cc1. The molecule has 0 aliphatic rings. The molecule has 0 atom stereocenters. The van der Waals surface area contributed by atoms with Crippen LogP contribution in [-0.4, -0.2) is 56.2 Å². The van der Waals surface area contributed by atoms with Crippen LogP contribution < -0.4 is 0 Å². The number of para-hydroxylation sites is 1. The molecular formula is C24H21N5O5. The van der Waals surface area contributed by atoms with Gasteiger partial charge in [0.1, 0.15) is 6.33 Å². The number of nitrogens with zero attached hydrogens (tertiary/aromatic N) is 5. The number of benzene rings is 2. The van der Waals surface area contributed by atoms with Crippen molar-refractivity contribution in [3.05, 3.63) is 89.0 Å². The lowest BCUT2D eigenvalue weighted by Crippen LogP contribution is -2.16. The maximum absolute atomic E-state index is 12.9. The molecule has 10 heteroatoms. The molecule has 2 aromatic heterocycles. The summed E-state index contributed by atoms with van der Waals surface area (Å²) in [5, 5.41) is 11.0. The van der Waals surface area contributed by atoms with E-state index >= 15 is 0 Å². The molecule has 10 nitrogen and oxygen atoms in total. The van der Waals surface area contributed by atoms with Gasteiger partial charge in [0.05, 0.1) is 23.9 Å². The monoisotopic (exact) mass is 459 g/mol. The van der Waals surface area contributed by atoms with Gasteiger partial charge >= 0.3 is 11.9 Å². The molecule has 0 amide bonds. The number of aryl methyl sites for hydroxylation is 1. The average Bonchev–Trinajstić information content (AvgIpc) is 3.50. The summed E-state index contributed by atoms with van der Waals surface area (Å²) in [7, 11) is 1.33. The van der Waals surface area contributed by atoms with Crippen molar-refractivity contribution in [2.45, 2.75) is 13.8 Å². The quantitative estimate of drug-likeness (QED) is 0.306. The minimum atomic E-state index is -0.661. The third-order valence-corrected chi connectivity index (χ3v) is 5.33. The van der Waals surface area contributed by atoms with E-state index in [0.29, 0.717) is 22.5 Å². The van der Waals surface area contributed by atoms with Crippen LogP contribution in [0, 0.1) is 13.8 Å². The largest absolute Gasteiger partial charge is 0.465 e. The van der Waals surface area contributed by atoms with E-state index < -0.39 is 18.5 Å². The van der Waals surface area contributed by atoms with Crippen molar-refractivity contribution in [2.24, 2.45) is 0 Å². The zero-order valence-corrected chi connectivity index (χ0v) is 18.8. The second-order valence-corrected chi connectivity index (χ2v) is 7.43. The molecule has 0 N–H and O–H groups in total. The summed E-state index contributed by atoms with van der Waals surface area (Å²) in [6, 6.07) is 15.3. The smallest absolute Gasteiger partial charge is 0.340 e. The Hall–Kier alpha value is -4.60. The molecular weight excluding hydrogens is 438 g/mol. The Labute approximate surface area is 194 Å². The van der Waals surface area contributed by atoms with E-state index in [-0.39, 0.29) is 11.3 Å². The number of hydrogen-bond donors (Lipinski definition) is 0. The fourth-order valence-corrected chi connectivity index (χ4v) is 3.71. The minimum Gasteiger partial charge on any atom is -0.465 e. The van der Waals surface area contributed by atoms with Gasteiger partial charge in [-0.15, -0.1) is 5.10 Å². The summed E-state index contributed by atoms with van der Waals surface area (Å²) in [6.45, 7) is 3.25. The summed E-state index contributed by atoms with van der Waals surface area (Å²) < 4.78 is 13.3. The van der Waals surface area contributed by atoms with Crippen LogP contribution in [0.2, 0.25) is 0 Å². The van der Waals surface area contributed by atoms with E-state index in [4.69, 9.17) is 9.47 Å². The topological polar surface area (TPSA) is 118 Å². The van der Waals surface area contributed by atoms with Gasteiger partial charge in [0.15, 0.2) is 6.61 Å². The molecule has 0 aliphatic heterocycles. The van der Waals surface area contributed by atoms with Crippen molar-refractivity contribution < 1.29 is 23.9 Å². The molecule has 0 radical (unpaired) electrons. The van der Waals surface area contributed by atoms with Crippen molar-refractivity contribution in [1.29, 1.82) is 0 Å². The summed E-state index contributed by atoms with van der Waals surface area (Å²) in [6.07, 6.45) is 1.36. The Morgan fingerprint density at radius 1 is 0.941 bits per heavy atom. The van der Waals surface area contributed by atoms with Crippen molar-refractivity contribution in [3.63, 3.8) is 0 Å². The van der Waals surface area contributed by atoms with E-state index in [1.165, 1.54) is 18.1 Å². The predicted octanol–water partition coefficient (Wildman–Crippen LogP) is 2.90. The number of Topliss-reactive ketones (excluding diaryl/α,β-unsaturated/α-hetero) is 1. The van der Waals surface area contributed by atoms with Gasteiger partial charge in [-0.2, -0.15) is 4.68 Å². The lowest BCUT2D eigenvalue weighted by atomic mass is 10.1. The molecule has 0 bridgehead atoms. The van der Waals surface area contributed by atoms with Crippen molar-refractivity contribution in [3.8, 4) is 11.4 Å². The Morgan fingerprint density at radius 3 is 2.35 bits per heavy atom. The third kappa shape index (κ3) is 4.33. The first-order valence-electron chi connectivity index (χ1n) is 10.3. The second-order valence-electron chi connectivity index (χ2n) is 7.43. The van der Waals surface area contributed by atoms with E-state index in [1.807, 2.05) is 18.4 Å². The number of ketones is 1. The number of tetrazole rings is 1. The van der Waals surface area contributed by atoms with Crippen LogP contribution in [0.4, 0.5) is 0 Å². The van der Waals surface area contributed by atoms with Gasteiger partial charge in [-0.05, 0) is 66.7 Å². The highest BCUT2D eigenvalue weighted by atomic mass is 16.5. The molecule has 2 aromatic carbocycles. The molecule has 0 spiro atoms. The first-order valence-corrected chi connectivity index (χ1v) is 10.3. The maximum atomic E-state index is 12.9. The molecule has 0 saturated carbocycles. The van der Waals surface area contributed by atoms with Crippen LogP contribution in [0.15, 0.2) is 60.9 Å². The lowest BCUT2D eigenvalue weighted by Gasteiger charge is -2.11. The fourth-order valence-electron chi connectivity index (χ4n) is 3.71. The van der Waals surface area contributed by atoms with Gasteiger partial charge in [-0.3, -0.25) is 4.79 Å². The van der Waals surface area contributed by atoms with E-state index in [9.17, 15) is 14.4 Å². The van der Waals surface area contributed by atoms with Crippen molar-refractivity contribution >= 4 is 17.7 Å². The van der Waals surface area contributed by atoms with Crippen molar-refractivity contribution in [2.75, 3.05) is 13.7 Å². The van der Waals surface area contributed by atoms with Gasteiger partial charge in [-0.1, -0.05) is 12.1 Å². The minimum absolute atomic E-state index is 0.235. The molecule has 0 aliphatic carbocycles. The van der Waals surface area contributed by atoms with E-state index in [2.05, 4.69) is 15.5 Å². The number of esters is 2. The van der Waals surface area contributed by atoms with Crippen LogP contribution in [-0.2, 0) is 9.47 Å². The van der Waals surface area contributed by atoms with E-state index in [0.717, 1.165) is 11.4 Å². The molecule has 34 heavy (non-hydrogen) atoms. The summed E-state index contributed by atoms with van der Waals surface area (Å²) in [4.78, 5) is 37.3. The highest BCUT2D eigenvalue weighted by Crippen LogP contribution is 2.22. The van der Waals surface area contributed by atoms with Crippen LogP contribution in [0.25, 0.3) is 11.4 Å². The number of ether oxygens (including phenoxy) is 2. The Balaban J connectivity index is 1.51. The molecule has 4 aromatic rings. The second kappa shape index (κ2) is 9.49. The van der Waals surface area contributed by atoms with E-state index in [1.54, 1.807) is 54.6 Å². The first kappa shape index (κ1) is 22.6. The third-order valence-electron chi connectivity index (χ3n) is 5.33. The zero-order chi connectivity index (χ0) is 24.2. The van der Waals surface area contributed by atoms with Crippen LogP contribution >= 0.6 is 0 Å². The van der Waals surface area contributed by atoms with Gasteiger partial charge in [0.25, 0.3) is 0 Å². The number of hydrogen-bond acceptors (Lipinski definition) is 8. The highest BCUT2D eigenvalue weighted by Gasteiger charge is 2.20. The number of carbonyl (C=O) groups is 3. The maximum Gasteiger partial charge on any atom is 0.340 e. The van der Waals surface area contributed by atoms with Gasteiger partial charge < -0.3 is 14.0 Å². The summed E-state index contributed by atoms with van der Waals surface area (Å²) in [5.41, 5.74) is 3.85. The lowest BCUT2D eigenvalue weighted by molar-refractivity contribution is 0.0474. The molecule has 0 fully saturated rings. The van der Waals surface area contributed by atoms with Crippen LogP contribution in [0.1, 0.15) is 42.5 Å². The fraction of sp³-hybridized carbons (Fsp3) is 0.167. The molecule has 4 rings (SSSR count). The highest BCUT2D eigenvalue weighted by molar-refractivity contribution is 6.01. The number of carbonyl (C=O) groups excluding carboxylic acids is 3. The number of methoxy groups -OCH3 is 1. The average molecular weight is 459 g/mol. The summed E-state index contributed by atoms with van der Waals surface area (Å²) >= 11 is 0. The van der Waals surface area contributed by atoms with Crippen molar-refractivity contribution in [1.82, 2.24) is 24.8 Å². The zero-order valence-electron chi connectivity index (χ0n) is 18.8.